The molecule has 0 rings (SSSR count). The minimum absolute atomic E-state index is 0.863. The lowest BCUT2D eigenvalue weighted by molar-refractivity contribution is 0.367. The molecule has 1 radical (unpaired) electrons. The first-order valence-corrected chi connectivity index (χ1v) is 6.52. The molecule has 89 valence electrons. The fourth-order valence-electron chi connectivity index (χ4n) is 1.67. The Morgan fingerprint density at radius 1 is 0.733 bits per heavy atom. The molecule has 0 aromatic heterocycles. The standard InChI is InChI=1S/C14H27O/c1-2-3-4-5-6-7-8-9-10-11-12-13-14-15/h3-4,14-15H,2,5-13H2,1H3/b4-3-. The molecule has 0 saturated carbocycles. The lowest BCUT2D eigenvalue weighted by Gasteiger charge is -2.00. The summed E-state index contributed by atoms with van der Waals surface area (Å²) in [5.41, 5.74) is 0. The molecule has 0 fully saturated rings. The van der Waals surface area contributed by atoms with Crippen LogP contribution in [0.3, 0.4) is 0 Å². The van der Waals surface area contributed by atoms with Gasteiger partial charge in [-0.1, -0.05) is 57.6 Å². The van der Waals surface area contributed by atoms with Crippen molar-refractivity contribution in [3.05, 3.63) is 18.8 Å². The highest BCUT2D eigenvalue weighted by Crippen LogP contribution is 2.10. The highest BCUT2D eigenvalue weighted by molar-refractivity contribution is 4.79. The van der Waals surface area contributed by atoms with E-state index in [-0.39, 0.29) is 0 Å². The normalized spacial score (nSPS) is 11.3. The molecule has 0 heterocycles. The summed E-state index contributed by atoms with van der Waals surface area (Å²) in [4.78, 5) is 0. The summed E-state index contributed by atoms with van der Waals surface area (Å²) >= 11 is 0. The van der Waals surface area contributed by atoms with E-state index in [1.54, 1.807) is 0 Å². The Balaban J connectivity index is 2.89. The van der Waals surface area contributed by atoms with Gasteiger partial charge >= 0.3 is 0 Å². The summed E-state index contributed by atoms with van der Waals surface area (Å²) in [6.45, 7) is 3.46. The van der Waals surface area contributed by atoms with E-state index in [0.717, 1.165) is 12.8 Å². The number of hydrogen-bond donors (Lipinski definition) is 1. The SMILES string of the molecule is CC/C=C\CCCCCCCCC[CH]O. The number of allylic oxidation sites excluding steroid dienone is 2. The molecule has 0 unspecified atom stereocenters. The van der Waals surface area contributed by atoms with E-state index in [0.29, 0.717) is 0 Å². The Labute approximate surface area is 95.6 Å². The smallest absolute Gasteiger partial charge is 0.0799 e. The summed E-state index contributed by atoms with van der Waals surface area (Å²) in [6.07, 6.45) is 17.1. The Kier molecular flexibility index (Phi) is 13.4. The fourth-order valence-corrected chi connectivity index (χ4v) is 1.67. The predicted molar refractivity (Wildman–Crippen MR) is 67.2 cm³/mol. The summed E-state index contributed by atoms with van der Waals surface area (Å²) in [5, 5.41) is 8.48. The van der Waals surface area contributed by atoms with Crippen LogP contribution < -0.4 is 0 Å². The van der Waals surface area contributed by atoms with Crippen molar-refractivity contribution in [3.63, 3.8) is 0 Å². The van der Waals surface area contributed by atoms with Crippen LogP contribution in [0, 0.1) is 6.61 Å². The number of rotatable bonds is 11. The number of aliphatic hydroxyl groups is 1. The van der Waals surface area contributed by atoms with Crippen LogP contribution in [0.5, 0.6) is 0 Å². The van der Waals surface area contributed by atoms with E-state index in [1.165, 1.54) is 58.0 Å². The van der Waals surface area contributed by atoms with Gasteiger partial charge in [0.05, 0.1) is 6.61 Å². The first kappa shape index (κ1) is 14.7. The van der Waals surface area contributed by atoms with Gasteiger partial charge in [0, 0.05) is 0 Å². The Hall–Kier alpha value is -0.300. The molecule has 0 spiro atoms. The molecule has 0 aliphatic rings. The van der Waals surface area contributed by atoms with Crippen LogP contribution in [-0.2, 0) is 0 Å². The average Bonchev–Trinajstić information content (AvgIpc) is 2.26. The van der Waals surface area contributed by atoms with Gasteiger partial charge in [-0.15, -0.1) is 0 Å². The van der Waals surface area contributed by atoms with Gasteiger partial charge in [-0.25, -0.2) is 0 Å². The molecule has 0 saturated heterocycles. The molecule has 15 heavy (non-hydrogen) atoms. The van der Waals surface area contributed by atoms with Crippen molar-refractivity contribution in [1.29, 1.82) is 0 Å². The fraction of sp³-hybridized carbons (Fsp3) is 0.786. The highest BCUT2D eigenvalue weighted by atomic mass is 16.2. The van der Waals surface area contributed by atoms with Crippen LogP contribution in [0.1, 0.15) is 71.1 Å². The summed E-state index contributed by atoms with van der Waals surface area (Å²) in [6, 6.07) is 0. The van der Waals surface area contributed by atoms with Crippen molar-refractivity contribution in [1.82, 2.24) is 0 Å². The third kappa shape index (κ3) is 13.7. The molecule has 1 N–H and O–H groups in total. The van der Waals surface area contributed by atoms with Crippen molar-refractivity contribution < 1.29 is 5.11 Å². The van der Waals surface area contributed by atoms with Crippen LogP contribution in [-0.4, -0.2) is 5.11 Å². The second-order valence-electron chi connectivity index (χ2n) is 4.11. The molecular formula is C14H27O. The topological polar surface area (TPSA) is 20.2 Å². The van der Waals surface area contributed by atoms with Crippen molar-refractivity contribution in [2.24, 2.45) is 0 Å². The van der Waals surface area contributed by atoms with Gasteiger partial charge in [0.25, 0.3) is 0 Å². The predicted octanol–water partition coefficient (Wildman–Crippen LogP) is 5.00. The van der Waals surface area contributed by atoms with Crippen LogP contribution in [0.15, 0.2) is 12.2 Å². The molecule has 1 heteroatoms. The Bertz CT molecular complexity index is 129. The Morgan fingerprint density at radius 3 is 1.80 bits per heavy atom. The van der Waals surface area contributed by atoms with E-state index in [9.17, 15) is 0 Å². The van der Waals surface area contributed by atoms with E-state index < -0.39 is 0 Å². The first-order chi connectivity index (χ1) is 7.41. The van der Waals surface area contributed by atoms with Gasteiger partial charge in [0.2, 0.25) is 0 Å². The van der Waals surface area contributed by atoms with Gasteiger partial charge in [-0.3, -0.25) is 0 Å². The minimum Gasteiger partial charge on any atom is -0.390 e. The number of aliphatic hydroxyl groups excluding tert-OH is 1. The third-order valence-electron chi connectivity index (χ3n) is 2.61. The van der Waals surface area contributed by atoms with E-state index >= 15 is 0 Å². The van der Waals surface area contributed by atoms with Gasteiger partial charge < -0.3 is 5.11 Å². The zero-order valence-corrected chi connectivity index (χ0v) is 10.3. The molecule has 0 aliphatic heterocycles. The van der Waals surface area contributed by atoms with Gasteiger partial charge in [0.15, 0.2) is 0 Å². The van der Waals surface area contributed by atoms with Crippen molar-refractivity contribution >= 4 is 0 Å². The molecule has 0 bridgehead atoms. The second kappa shape index (κ2) is 13.7. The summed E-state index contributed by atoms with van der Waals surface area (Å²) in [7, 11) is 0. The maximum absolute atomic E-state index is 8.48. The van der Waals surface area contributed by atoms with Crippen molar-refractivity contribution in [3.8, 4) is 0 Å². The summed E-state index contributed by atoms with van der Waals surface area (Å²) in [5.74, 6) is 0. The zero-order valence-electron chi connectivity index (χ0n) is 10.3. The van der Waals surface area contributed by atoms with E-state index in [2.05, 4.69) is 19.1 Å². The lowest BCUT2D eigenvalue weighted by atomic mass is 10.1. The third-order valence-corrected chi connectivity index (χ3v) is 2.61. The van der Waals surface area contributed by atoms with Crippen LogP contribution >= 0.6 is 0 Å². The maximum Gasteiger partial charge on any atom is 0.0799 e. The van der Waals surface area contributed by atoms with Gasteiger partial charge in [-0.2, -0.15) is 0 Å². The number of unbranched alkanes of at least 4 members (excludes halogenated alkanes) is 8. The quantitative estimate of drug-likeness (QED) is 0.377. The monoisotopic (exact) mass is 211 g/mol. The number of hydrogen-bond acceptors (Lipinski definition) is 1. The lowest BCUT2D eigenvalue weighted by Crippen LogP contribution is -1.81. The van der Waals surface area contributed by atoms with Crippen LogP contribution in [0.4, 0.5) is 0 Å². The highest BCUT2D eigenvalue weighted by Gasteiger charge is 1.91. The van der Waals surface area contributed by atoms with E-state index in [4.69, 9.17) is 5.11 Å². The van der Waals surface area contributed by atoms with Crippen molar-refractivity contribution in [2.75, 3.05) is 0 Å². The summed E-state index contributed by atoms with van der Waals surface area (Å²) < 4.78 is 0. The molecule has 0 aliphatic carbocycles. The first-order valence-electron chi connectivity index (χ1n) is 6.52. The molecule has 1 nitrogen and oxygen atoms in total. The minimum atomic E-state index is 0.863. The Morgan fingerprint density at radius 2 is 1.27 bits per heavy atom. The van der Waals surface area contributed by atoms with Crippen LogP contribution in [0.25, 0.3) is 0 Å². The molecular weight excluding hydrogens is 184 g/mol. The maximum atomic E-state index is 8.48. The van der Waals surface area contributed by atoms with Gasteiger partial charge in [-0.05, 0) is 25.7 Å². The van der Waals surface area contributed by atoms with Crippen LogP contribution in [0.2, 0.25) is 0 Å². The molecule has 0 aromatic carbocycles. The molecule has 0 aromatic rings. The van der Waals surface area contributed by atoms with Crippen molar-refractivity contribution in [2.45, 2.75) is 71.1 Å². The van der Waals surface area contributed by atoms with Gasteiger partial charge in [0.1, 0.15) is 0 Å². The average molecular weight is 211 g/mol. The van der Waals surface area contributed by atoms with E-state index in [1.807, 2.05) is 0 Å². The zero-order chi connectivity index (χ0) is 11.2. The molecule has 0 amide bonds. The molecule has 0 atom stereocenters. The second-order valence-corrected chi connectivity index (χ2v) is 4.11. The largest absolute Gasteiger partial charge is 0.390 e.